The number of pyridine rings is 1. The second-order valence-corrected chi connectivity index (χ2v) is 10.1. The fourth-order valence-electron chi connectivity index (χ4n) is 5.18. The van der Waals surface area contributed by atoms with E-state index in [4.69, 9.17) is 0 Å². The minimum absolute atomic E-state index is 0.0473. The molecule has 1 aromatic heterocycles. The number of fused-ring (bicyclic) bond motifs is 1. The van der Waals surface area contributed by atoms with Crippen LogP contribution in [-0.4, -0.2) is 45.7 Å². The predicted molar refractivity (Wildman–Crippen MR) is 130 cm³/mol. The van der Waals surface area contributed by atoms with Gasteiger partial charge in [-0.1, -0.05) is 44.2 Å². The molecule has 2 N–H and O–H groups in total. The summed E-state index contributed by atoms with van der Waals surface area (Å²) in [5.41, 5.74) is 2.89. The normalized spacial score (nSPS) is 21.5. The molecule has 7 heteroatoms. The van der Waals surface area contributed by atoms with E-state index in [-0.39, 0.29) is 35.6 Å². The van der Waals surface area contributed by atoms with Gasteiger partial charge in [0.1, 0.15) is 12.1 Å². The average Bonchev–Trinajstić information content (AvgIpc) is 3.22. The summed E-state index contributed by atoms with van der Waals surface area (Å²) in [4.78, 5) is 47.0. The van der Waals surface area contributed by atoms with E-state index < -0.39 is 18.1 Å². The number of carbonyl (C=O) groups excluding carboxylic acids is 3. The first-order valence-corrected chi connectivity index (χ1v) is 12.2. The van der Waals surface area contributed by atoms with E-state index in [1.54, 1.807) is 24.4 Å². The van der Waals surface area contributed by atoms with Crippen LogP contribution in [0, 0.1) is 11.8 Å². The summed E-state index contributed by atoms with van der Waals surface area (Å²) in [7, 11) is 0. The average molecular weight is 463 g/mol. The third-order valence-corrected chi connectivity index (χ3v) is 6.63. The van der Waals surface area contributed by atoms with Crippen LogP contribution in [0.5, 0.6) is 0 Å². The number of aromatic nitrogens is 1. The second kappa shape index (κ2) is 9.95. The number of amides is 3. The number of carbonyl (C=O) groups is 3. The third-order valence-electron chi connectivity index (χ3n) is 6.63. The van der Waals surface area contributed by atoms with Gasteiger partial charge in [-0.2, -0.15) is 0 Å². The molecular weight excluding hydrogens is 428 g/mol. The van der Waals surface area contributed by atoms with Crippen molar-refractivity contribution in [1.29, 1.82) is 0 Å². The molecule has 1 saturated heterocycles. The Morgan fingerprint density at radius 2 is 1.71 bits per heavy atom. The van der Waals surface area contributed by atoms with Crippen LogP contribution < -0.4 is 10.6 Å². The highest BCUT2D eigenvalue weighted by Crippen LogP contribution is 2.35. The van der Waals surface area contributed by atoms with Crippen LogP contribution in [0.2, 0.25) is 0 Å². The molecule has 1 aromatic carbocycles. The molecule has 1 aliphatic heterocycles. The van der Waals surface area contributed by atoms with Crippen LogP contribution in [0.3, 0.4) is 0 Å². The molecule has 0 spiro atoms. The molecule has 7 nitrogen and oxygen atoms in total. The molecule has 0 radical (unpaired) electrons. The fourth-order valence-corrected chi connectivity index (χ4v) is 5.18. The smallest absolute Gasteiger partial charge is 0.249 e. The van der Waals surface area contributed by atoms with Crippen molar-refractivity contribution < 1.29 is 14.4 Å². The standard InChI is InChI=1S/C27H34N4O3/c1-16(2)13-22-25(32)30-23(20-14-18-9-5-6-10-19(18)15-20)27(34)31(22)24(26(33)29-17(3)4)21-11-7-8-12-28-21/h5-12,16-17,20,22-24H,13-15H2,1-4H3,(H,29,33)(H,30,32)/t22-,23-,24?/m1/s1. The van der Waals surface area contributed by atoms with E-state index in [1.165, 1.54) is 16.0 Å². The zero-order valence-electron chi connectivity index (χ0n) is 20.3. The highest BCUT2D eigenvalue weighted by molar-refractivity contribution is 6.00. The predicted octanol–water partition coefficient (Wildman–Crippen LogP) is 2.80. The summed E-state index contributed by atoms with van der Waals surface area (Å²) in [5, 5.41) is 5.97. The second-order valence-electron chi connectivity index (χ2n) is 10.1. The lowest BCUT2D eigenvalue weighted by molar-refractivity contribution is -0.158. The molecule has 1 fully saturated rings. The van der Waals surface area contributed by atoms with Crippen molar-refractivity contribution in [2.45, 2.75) is 71.1 Å². The van der Waals surface area contributed by atoms with Gasteiger partial charge in [0.2, 0.25) is 17.7 Å². The van der Waals surface area contributed by atoms with Crippen LogP contribution >= 0.6 is 0 Å². The lowest BCUT2D eigenvalue weighted by Gasteiger charge is -2.44. The number of piperazine rings is 1. The minimum Gasteiger partial charge on any atom is -0.352 e. The first-order valence-electron chi connectivity index (χ1n) is 12.2. The summed E-state index contributed by atoms with van der Waals surface area (Å²) < 4.78 is 0. The van der Waals surface area contributed by atoms with Crippen molar-refractivity contribution in [3.8, 4) is 0 Å². The zero-order valence-corrected chi connectivity index (χ0v) is 20.3. The Bertz CT molecular complexity index is 1030. The van der Waals surface area contributed by atoms with Gasteiger partial charge in [0.05, 0.1) is 5.69 Å². The Morgan fingerprint density at radius 3 is 2.26 bits per heavy atom. The van der Waals surface area contributed by atoms with E-state index in [2.05, 4.69) is 27.8 Å². The number of rotatable bonds is 7. The van der Waals surface area contributed by atoms with Gasteiger partial charge < -0.3 is 15.5 Å². The SMILES string of the molecule is CC(C)C[C@@H]1C(=O)N[C@H](C2Cc3ccccc3C2)C(=O)N1C(C(=O)NC(C)C)c1ccccn1. The monoisotopic (exact) mass is 462 g/mol. The van der Waals surface area contributed by atoms with Gasteiger partial charge >= 0.3 is 0 Å². The van der Waals surface area contributed by atoms with E-state index in [0.29, 0.717) is 12.1 Å². The summed E-state index contributed by atoms with van der Waals surface area (Å²) in [6, 6.07) is 11.0. The first kappa shape index (κ1) is 23.9. The molecule has 4 rings (SSSR count). The molecule has 1 aliphatic carbocycles. The maximum absolute atomic E-state index is 14.1. The number of benzene rings is 1. The maximum atomic E-state index is 14.1. The minimum atomic E-state index is -0.975. The summed E-state index contributed by atoms with van der Waals surface area (Å²) >= 11 is 0. The molecule has 3 amide bonds. The largest absolute Gasteiger partial charge is 0.352 e. The zero-order chi connectivity index (χ0) is 24.4. The maximum Gasteiger partial charge on any atom is 0.249 e. The van der Waals surface area contributed by atoms with Gasteiger partial charge in [0.25, 0.3) is 0 Å². The number of hydrogen-bond acceptors (Lipinski definition) is 4. The summed E-state index contributed by atoms with van der Waals surface area (Å²) in [6.07, 6.45) is 3.53. The van der Waals surface area contributed by atoms with E-state index in [9.17, 15) is 14.4 Å². The van der Waals surface area contributed by atoms with Crippen molar-refractivity contribution in [2.75, 3.05) is 0 Å². The third kappa shape index (κ3) is 4.83. The van der Waals surface area contributed by atoms with E-state index in [0.717, 1.165) is 12.8 Å². The van der Waals surface area contributed by atoms with Crippen molar-refractivity contribution in [3.63, 3.8) is 0 Å². The molecule has 0 saturated carbocycles. The fraction of sp³-hybridized carbons (Fsp3) is 0.481. The van der Waals surface area contributed by atoms with Gasteiger partial charge in [-0.15, -0.1) is 0 Å². The van der Waals surface area contributed by atoms with Crippen LogP contribution in [0.25, 0.3) is 0 Å². The Balaban J connectivity index is 1.73. The van der Waals surface area contributed by atoms with Crippen LogP contribution in [0.15, 0.2) is 48.7 Å². The van der Waals surface area contributed by atoms with E-state index in [1.807, 2.05) is 39.8 Å². The van der Waals surface area contributed by atoms with Crippen LogP contribution in [0.4, 0.5) is 0 Å². The van der Waals surface area contributed by atoms with Crippen LogP contribution in [-0.2, 0) is 27.2 Å². The Labute approximate surface area is 201 Å². The Kier molecular flexibility index (Phi) is 7.00. The highest BCUT2D eigenvalue weighted by Gasteiger charge is 2.49. The van der Waals surface area contributed by atoms with Gasteiger partial charge in [-0.05, 0) is 68.2 Å². The number of nitrogens with one attached hydrogen (secondary N) is 2. The Morgan fingerprint density at radius 1 is 1.06 bits per heavy atom. The molecule has 2 aliphatic rings. The van der Waals surface area contributed by atoms with Crippen LogP contribution in [0.1, 0.15) is 57.0 Å². The molecule has 3 atom stereocenters. The molecule has 2 heterocycles. The van der Waals surface area contributed by atoms with Gasteiger partial charge in [-0.25, -0.2) is 0 Å². The first-order chi connectivity index (χ1) is 16.3. The quantitative estimate of drug-likeness (QED) is 0.662. The summed E-state index contributed by atoms with van der Waals surface area (Å²) in [5.74, 6) is -0.617. The van der Waals surface area contributed by atoms with Crippen molar-refractivity contribution in [1.82, 2.24) is 20.5 Å². The van der Waals surface area contributed by atoms with Crippen molar-refractivity contribution in [3.05, 3.63) is 65.5 Å². The van der Waals surface area contributed by atoms with Gasteiger partial charge in [-0.3, -0.25) is 19.4 Å². The molecule has 0 bridgehead atoms. The molecule has 2 aromatic rings. The lowest BCUT2D eigenvalue weighted by atomic mass is 9.88. The Hall–Kier alpha value is -3.22. The molecule has 1 unspecified atom stereocenters. The highest BCUT2D eigenvalue weighted by atomic mass is 16.2. The van der Waals surface area contributed by atoms with Crippen molar-refractivity contribution in [2.24, 2.45) is 11.8 Å². The lowest BCUT2D eigenvalue weighted by Crippen LogP contribution is -2.67. The number of hydrogen-bond donors (Lipinski definition) is 2. The van der Waals surface area contributed by atoms with Gasteiger partial charge in [0.15, 0.2) is 6.04 Å². The molecule has 180 valence electrons. The van der Waals surface area contributed by atoms with Gasteiger partial charge in [0, 0.05) is 12.2 Å². The van der Waals surface area contributed by atoms with E-state index >= 15 is 0 Å². The topological polar surface area (TPSA) is 91.4 Å². The number of nitrogens with zero attached hydrogens (tertiary/aromatic N) is 2. The molecular formula is C27H34N4O3. The molecule has 34 heavy (non-hydrogen) atoms. The van der Waals surface area contributed by atoms with Crippen molar-refractivity contribution >= 4 is 17.7 Å². The summed E-state index contributed by atoms with van der Waals surface area (Å²) in [6.45, 7) is 7.78.